The predicted octanol–water partition coefficient (Wildman–Crippen LogP) is 6.62. The summed E-state index contributed by atoms with van der Waals surface area (Å²) in [5.41, 5.74) is 3.57. The van der Waals surface area contributed by atoms with Crippen molar-refractivity contribution in [2.24, 2.45) is 0 Å². The second-order valence-electron chi connectivity index (χ2n) is 7.60. The summed E-state index contributed by atoms with van der Waals surface area (Å²) in [6.07, 6.45) is 0. The van der Waals surface area contributed by atoms with Gasteiger partial charge in [0.05, 0.1) is 10.6 Å². The highest BCUT2D eigenvalue weighted by Crippen LogP contribution is 2.21. The van der Waals surface area contributed by atoms with E-state index in [1.807, 2.05) is 85.1 Å². The van der Waals surface area contributed by atoms with Gasteiger partial charge in [-0.2, -0.15) is 0 Å². The lowest BCUT2D eigenvalue weighted by Crippen LogP contribution is -2.14. The molecule has 4 rings (SSSR count). The molecule has 0 bridgehead atoms. The molecule has 1 aromatic heterocycles. The van der Waals surface area contributed by atoms with E-state index < -0.39 is 0 Å². The third-order valence-corrected chi connectivity index (χ3v) is 6.70. The van der Waals surface area contributed by atoms with Crippen LogP contribution in [0.4, 0.5) is 11.4 Å². The number of aryl methyl sites for hydroxylation is 1. The fourth-order valence-electron chi connectivity index (χ4n) is 3.19. The summed E-state index contributed by atoms with van der Waals surface area (Å²) in [5.74, 6) is 0.863. The first-order valence-corrected chi connectivity index (χ1v) is 12.6. The average Bonchev–Trinajstić information content (AvgIpc) is 3.38. The van der Waals surface area contributed by atoms with Crippen LogP contribution in [0, 0.1) is 6.92 Å². The Balaban J connectivity index is 1.26. The van der Waals surface area contributed by atoms with Crippen LogP contribution in [0.1, 0.15) is 20.8 Å². The summed E-state index contributed by atoms with van der Waals surface area (Å²) in [6.45, 7) is 2.40. The van der Waals surface area contributed by atoms with Gasteiger partial charge in [0.15, 0.2) is 0 Å². The molecule has 1 heterocycles. The van der Waals surface area contributed by atoms with Crippen molar-refractivity contribution in [3.8, 4) is 5.75 Å². The van der Waals surface area contributed by atoms with E-state index in [-0.39, 0.29) is 11.8 Å². The zero-order valence-corrected chi connectivity index (χ0v) is 20.2. The molecule has 2 amide bonds. The van der Waals surface area contributed by atoms with E-state index in [4.69, 9.17) is 4.74 Å². The van der Waals surface area contributed by atoms with Crippen molar-refractivity contribution in [3.63, 3.8) is 0 Å². The molecule has 172 valence electrons. The zero-order chi connectivity index (χ0) is 23.8. The zero-order valence-electron chi connectivity index (χ0n) is 18.6. The standard InChI is InChI=1S/C27H24N2O3S2/c1-19-5-2-8-24(15-19)34-18-26(30)28-22-7-3-6-20(16-22)17-32-23-12-10-21(11-13-23)29-27(31)25-9-4-14-33-25/h2-16H,17-18H2,1H3,(H,28,30)(H,29,31). The van der Waals surface area contributed by atoms with Gasteiger partial charge in [0.2, 0.25) is 5.91 Å². The molecule has 0 saturated heterocycles. The van der Waals surface area contributed by atoms with Crippen LogP contribution >= 0.6 is 23.1 Å². The van der Waals surface area contributed by atoms with Crippen LogP contribution in [0.3, 0.4) is 0 Å². The minimum atomic E-state index is -0.125. The third kappa shape index (κ3) is 6.97. The molecule has 0 unspecified atom stereocenters. The largest absolute Gasteiger partial charge is 0.489 e. The number of rotatable bonds is 9. The van der Waals surface area contributed by atoms with Crippen LogP contribution in [0.2, 0.25) is 0 Å². The molecule has 34 heavy (non-hydrogen) atoms. The Hall–Kier alpha value is -3.55. The predicted molar refractivity (Wildman–Crippen MR) is 140 cm³/mol. The Morgan fingerprint density at radius 3 is 2.47 bits per heavy atom. The summed E-state index contributed by atoms with van der Waals surface area (Å²) in [6, 6.07) is 26.6. The Kier molecular flexibility index (Phi) is 8.01. The Bertz CT molecular complexity index is 1260. The van der Waals surface area contributed by atoms with Crippen molar-refractivity contribution in [1.29, 1.82) is 0 Å². The minimum absolute atomic E-state index is 0.0511. The summed E-state index contributed by atoms with van der Waals surface area (Å²) in [5, 5.41) is 7.69. The molecule has 3 aromatic carbocycles. The third-order valence-electron chi connectivity index (χ3n) is 4.83. The van der Waals surface area contributed by atoms with E-state index in [0.717, 1.165) is 16.1 Å². The first kappa shape index (κ1) is 23.6. The first-order valence-electron chi connectivity index (χ1n) is 10.7. The lowest BCUT2D eigenvalue weighted by atomic mass is 10.2. The van der Waals surface area contributed by atoms with E-state index in [1.165, 1.54) is 28.7 Å². The van der Waals surface area contributed by atoms with Crippen LogP contribution in [-0.4, -0.2) is 17.6 Å². The summed E-state index contributed by atoms with van der Waals surface area (Å²) in [7, 11) is 0. The van der Waals surface area contributed by atoms with Gasteiger partial charge in [-0.25, -0.2) is 0 Å². The topological polar surface area (TPSA) is 67.4 Å². The Morgan fingerprint density at radius 1 is 0.882 bits per heavy atom. The van der Waals surface area contributed by atoms with Gasteiger partial charge in [-0.1, -0.05) is 35.9 Å². The molecule has 7 heteroatoms. The van der Waals surface area contributed by atoms with Crippen molar-refractivity contribution in [1.82, 2.24) is 0 Å². The molecular weight excluding hydrogens is 464 g/mol. The molecular formula is C27H24N2O3S2. The van der Waals surface area contributed by atoms with Gasteiger partial charge in [0.1, 0.15) is 12.4 Å². The highest BCUT2D eigenvalue weighted by molar-refractivity contribution is 8.00. The lowest BCUT2D eigenvalue weighted by Gasteiger charge is -2.10. The van der Waals surface area contributed by atoms with Gasteiger partial charge >= 0.3 is 0 Å². The molecule has 0 aliphatic rings. The Labute approximate surface area is 207 Å². The van der Waals surface area contributed by atoms with Crippen LogP contribution in [0.25, 0.3) is 0 Å². The summed E-state index contributed by atoms with van der Waals surface area (Å²) >= 11 is 2.92. The number of thiophene rings is 1. The van der Waals surface area contributed by atoms with E-state index in [9.17, 15) is 9.59 Å². The molecule has 0 atom stereocenters. The number of carbonyl (C=O) groups excluding carboxylic acids is 2. The number of nitrogens with one attached hydrogen (secondary N) is 2. The van der Waals surface area contributed by atoms with E-state index in [2.05, 4.69) is 16.7 Å². The number of benzene rings is 3. The summed E-state index contributed by atoms with van der Waals surface area (Å²) < 4.78 is 5.87. The normalized spacial score (nSPS) is 10.5. The molecule has 0 saturated carbocycles. The van der Waals surface area contributed by atoms with E-state index in [1.54, 1.807) is 6.07 Å². The van der Waals surface area contributed by atoms with Crippen LogP contribution < -0.4 is 15.4 Å². The second-order valence-corrected chi connectivity index (χ2v) is 9.59. The maximum Gasteiger partial charge on any atom is 0.265 e. The fraction of sp³-hybridized carbons (Fsp3) is 0.111. The molecule has 0 fully saturated rings. The van der Waals surface area contributed by atoms with Gasteiger partial charge in [0.25, 0.3) is 5.91 Å². The number of hydrogen-bond acceptors (Lipinski definition) is 5. The summed E-state index contributed by atoms with van der Waals surface area (Å²) in [4.78, 5) is 26.2. The molecule has 4 aromatic rings. The van der Waals surface area contributed by atoms with Crippen LogP contribution in [0.5, 0.6) is 5.75 Å². The maximum atomic E-state index is 12.4. The minimum Gasteiger partial charge on any atom is -0.489 e. The molecule has 5 nitrogen and oxygen atoms in total. The number of thioether (sulfide) groups is 1. The van der Waals surface area contributed by atoms with Crippen molar-refractivity contribution < 1.29 is 14.3 Å². The van der Waals surface area contributed by atoms with E-state index >= 15 is 0 Å². The SMILES string of the molecule is Cc1cccc(SCC(=O)Nc2cccc(COc3ccc(NC(=O)c4cccs4)cc3)c2)c1. The Morgan fingerprint density at radius 2 is 1.71 bits per heavy atom. The quantitative estimate of drug-likeness (QED) is 0.260. The van der Waals surface area contributed by atoms with Gasteiger partial charge in [0, 0.05) is 16.3 Å². The number of amides is 2. The fourth-order valence-corrected chi connectivity index (χ4v) is 4.62. The van der Waals surface area contributed by atoms with Gasteiger partial charge in [-0.15, -0.1) is 23.1 Å². The molecule has 0 radical (unpaired) electrons. The van der Waals surface area contributed by atoms with Crippen molar-refractivity contribution in [2.45, 2.75) is 18.4 Å². The smallest absolute Gasteiger partial charge is 0.265 e. The maximum absolute atomic E-state index is 12.4. The van der Waals surface area contributed by atoms with Gasteiger partial charge in [-0.05, 0) is 72.5 Å². The molecule has 0 spiro atoms. The average molecular weight is 489 g/mol. The molecule has 0 aliphatic heterocycles. The molecule has 0 aliphatic carbocycles. The van der Waals surface area contributed by atoms with Crippen LogP contribution in [-0.2, 0) is 11.4 Å². The van der Waals surface area contributed by atoms with Crippen molar-refractivity contribution in [3.05, 3.63) is 106 Å². The van der Waals surface area contributed by atoms with Crippen LogP contribution in [0.15, 0.2) is 95.2 Å². The number of anilines is 2. The van der Waals surface area contributed by atoms with Gasteiger partial charge < -0.3 is 15.4 Å². The number of ether oxygens (including phenoxy) is 1. The van der Waals surface area contributed by atoms with Crippen molar-refractivity contribution >= 4 is 46.3 Å². The van der Waals surface area contributed by atoms with E-state index in [0.29, 0.717) is 28.7 Å². The van der Waals surface area contributed by atoms with Gasteiger partial charge in [-0.3, -0.25) is 9.59 Å². The monoisotopic (exact) mass is 488 g/mol. The number of carbonyl (C=O) groups is 2. The molecule has 2 N–H and O–H groups in total. The first-order chi connectivity index (χ1) is 16.5. The number of hydrogen-bond donors (Lipinski definition) is 2. The van der Waals surface area contributed by atoms with Crippen molar-refractivity contribution in [2.75, 3.05) is 16.4 Å². The highest BCUT2D eigenvalue weighted by Gasteiger charge is 2.08. The second kappa shape index (κ2) is 11.5. The highest BCUT2D eigenvalue weighted by atomic mass is 32.2. The lowest BCUT2D eigenvalue weighted by molar-refractivity contribution is -0.113.